The average molecular weight is 341 g/mol. The van der Waals surface area contributed by atoms with E-state index in [1.54, 1.807) is 42.5 Å². The van der Waals surface area contributed by atoms with E-state index in [0.29, 0.717) is 22.3 Å². The lowest BCUT2D eigenvalue weighted by Crippen LogP contribution is -2.20. The number of benzene rings is 3. The maximum atomic E-state index is 13.0. The molecule has 0 unspecified atom stereocenters. The van der Waals surface area contributed by atoms with Crippen LogP contribution < -0.4 is 5.56 Å². The molecule has 0 saturated heterocycles. The molecule has 0 saturated carbocycles. The smallest absolute Gasteiger partial charge is 0.282 e. The molecule has 0 bridgehead atoms. The number of para-hydroxylation sites is 2. The minimum atomic E-state index is -0.263. The molecule has 5 heteroatoms. The van der Waals surface area contributed by atoms with Crippen LogP contribution in [0.5, 0.6) is 5.75 Å². The quantitative estimate of drug-likeness (QED) is 0.578. The van der Waals surface area contributed by atoms with Crippen LogP contribution in [-0.4, -0.2) is 21.0 Å². The number of aromatic nitrogens is 2. The van der Waals surface area contributed by atoms with Crippen LogP contribution in [0.2, 0.25) is 0 Å². The van der Waals surface area contributed by atoms with E-state index in [2.05, 4.69) is 10.1 Å². The van der Waals surface area contributed by atoms with Crippen LogP contribution in [0.25, 0.3) is 22.3 Å². The van der Waals surface area contributed by atoms with Crippen molar-refractivity contribution in [2.75, 3.05) is 0 Å². The molecule has 0 atom stereocenters. The summed E-state index contributed by atoms with van der Waals surface area (Å²) in [6.45, 7) is 0. The van der Waals surface area contributed by atoms with Crippen LogP contribution >= 0.6 is 0 Å². The molecule has 0 aliphatic rings. The van der Waals surface area contributed by atoms with Crippen molar-refractivity contribution >= 4 is 17.1 Å². The number of hydrogen-bond donors (Lipinski definition) is 1. The third kappa shape index (κ3) is 2.86. The Bertz CT molecular complexity index is 1160. The summed E-state index contributed by atoms with van der Waals surface area (Å²) >= 11 is 0. The standard InChI is InChI=1S/C21H15N3O2/c25-19-13-7-4-10-16(19)14-22-24-20(15-8-2-1-3-9-15)23-18-12-6-5-11-17(18)21(24)26/h1-14,25H/b22-14+. The highest BCUT2D eigenvalue weighted by atomic mass is 16.3. The molecule has 26 heavy (non-hydrogen) atoms. The Hall–Kier alpha value is -3.73. The highest BCUT2D eigenvalue weighted by Gasteiger charge is 2.12. The minimum Gasteiger partial charge on any atom is -0.507 e. The van der Waals surface area contributed by atoms with Gasteiger partial charge < -0.3 is 5.11 Å². The molecule has 0 fully saturated rings. The summed E-state index contributed by atoms with van der Waals surface area (Å²) < 4.78 is 1.27. The second-order valence-corrected chi connectivity index (χ2v) is 5.74. The fraction of sp³-hybridized carbons (Fsp3) is 0. The summed E-state index contributed by atoms with van der Waals surface area (Å²) in [6, 6.07) is 23.4. The average Bonchev–Trinajstić information content (AvgIpc) is 2.69. The molecule has 0 amide bonds. The zero-order valence-electron chi connectivity index (χ0n) is 13.8. The van der Waals surface area contributed by atoms with E-state index in [-0.39, 0.29) is 11.3 Å². The van der Waals surface area contributed by atoms with Crippen molar-refractivity contribution < 1.29 is 5.11 Å². The first kappa shape index (κ1) is 15.8. The Morgan fingerprint density at radius 2 is 1.58 bits per heavy atom. The van der Waals surface area contributed by atoms with Crippen molar-refractivity contribution in [3.63, 3.8) is 0 Å². The van der Waals surface area contributed by atoms with Crippen molar-refractivity contribution in [1.82, 2.24) is 9.66 Å². The second kappa shape index (κ2) is 6.64. The predicted octanol–water partition coefficient (Wildman–Crippen LogP) is 3.65. The van der Waals surface area contributed by atoms with Crippen molar-refractivity contribution in [3.05, 3.63) is 94.8 Å². The third-order valence-corrected chi connectivity index (χ3v) is 4.03. The van der Waals surface area contributed by atoms with Gasteiger partial charge in [-0.3, -0.25) is 4.79 Å². The number of fused-ring (bicyclic) bond motifs is 1. The van der Waals surface area contributed by atoms with E-state index in [1.165, 1.54) is 10.9 Å². The van der Waals surface area contributed by atoms with Gasteiger partial charge in [-0.25, -0.2) is 4.98 Å². The first-order valence-electron chi connectivity index (χ1n) is 8.13. The lowest BCUT2D eigenvalue weighted by atomic mass is 10.2. The third-order valence-electron chi connectivity index (χ3n) is 4.03. The maximum Gasteiger partial charge on any atom is 0.282 e. The number of aromatic hydroxyl groups is 1. The van der Waals surface area contributed by atoms with Crippen LogP contribution in [-0.2, 0) is 0 Å². The lowest BCUT2D eigenvalue weighted by molar-refractivity contribution is 0.474. The first-order valence-corrected chi connectivity index (χ1v) is 8.13. The van der Waals surface area contributed by atoms with E-state index in [1.807, 2.05) is 36.4 Å². The second-order valence-electron chi connectivity index (χ2n) is 5.74. The summed E-state index contributed by atoms with van der Waals surface area (Å²) in [5.41, 5.74) is 1.66. The molecular formula is C21H15N3O2. The monoisotopic (exact) mass is 341 g/mol. The highest BCUT2D eigenvalue weighted by Crippen LogP contribution is 2.19. The van der Waals surface area contributed by atoms with Gasteiger partial charge in [-0.1, -0.05) is 54.6 Å². The molecule has 4 aromatic rings. The van der Waals surface area contributed by atoms with E-state index in [0.717, 1.165) is 5.56 Å². The number of nitrogens with zero attached hydrogens (tertiary/aromatic N) is 3. The molecule has 5 nitrogen and oxygen atoms in total. The van der Waals surface area contributed by atoms with Crippen molar-refractivity contribution in [3.8, 4) is 17.1 Å². The Balaban J connectivity index is 1.96. The fourth-order valence-electron chi connectivity index (χ4n) is 2.72. The largest absolute Gasteiger partial charge is 0.507 e. The molecule has 0 aliphatic carbocycles. The van der Waals surface area contributed by atoms with Crippen LogP contribution in [0, 0.1) is 0 Å². The SMILES string of the molecule is O=c1c2ccccc2nc(-c2ccccc2)n1/N=C/c1ccccc1O. The number of hydrogen-bond acceptors (Lipinski definition) is 4. The first-order chi connectivity index (χ1) is 12.7. The normalized spacial score (nSPS) is 11.2. The van der Waals surface area contributed by atoms with E-state index < -0.39 is 0 Å². The van der Waals surface area contributed by atoms with Gasteiger partial charge in [0.15, 0.2) is 5.82 Å². The van der Waals surface area contributed by atoms with Crippen LogP contribution in [0.4, 0.5) is 0 Å². The van der Waals surface area contributed by atoms with Gasteiger partial charge in [0.25, 0.3) is 5.56 Å². The van der Waals surface area contributed by atoms with Crippen molar-refractivity contribution in [1.29, 1.82) is 0 Å². The highest BCUT2D eigenvalue weighted by molar-refractivity contribution is 5.84. The number of phenolic OH excluding ortho intramolecular Hbond substituents is 1. The van der Waals surface area contributed by atoms with E-state index >= 15 is 0 Å². The summed E-state index contributed by atoms with van der Waals surface area (Å²) in [4.78, 5) is 17.6. The Kier molecular flexibility index (Phi) is 4.03. The summed E-state index contributed by atoms with van der Waals surface area (Å²) in [7, 11) is 0. The fourth-order valence-corrected chi connectivity index (χ4v) is 2.72. The van der Waals surface area contributed by atoms with Gasteiger partial charge in [-0.15, -0.1) is 0 Å². The van der Waals surface area contributed by atoms with Gasteiger partial charge in [0.1, 0.15) is 5.75 Å². The van der Waals surface area contributed by atoms with Gasteiger partial charge in [-0.2, -0.15) is 9.78 Å². The molecule has 0 spiro atoms. The van der Waals surface area contributed by atoms with Crippen molar-refractivity contribution in [2.45, 2.75) is 0 Å². The van der Waals surface area contributed by atoms with Gasteiger partial charge in [0.2, 0.25) is 0 Å². The zero-order chi connectivity index (χ0) is 17.9. The molecule has 0 aliphatic heterocycles. The molecule has 4 rings (SSSR count). The predicted molar refractivity (Wildman–Crippen MR) is 103 cm³/mol. The van der Waals surface area contributed by atoms with Gasteiger partial charge >= 0.3 is 0 Å². The Morgan fingerprint density at radius 3 is 2.38 bits per heavy atom. The van der Waals surface area contributed by atoms with Crippen LogP contribution in [0.1, 0.15) is 5.56 Å². The molecule has 3 aromatic carbocycles. The Labute approximate surface area is 149 Å². The molecule has 1 aromatic heterocycles. The minimum absolute atomic E-state index is 0.0966. The number of phenols is 1. The summed E-state index contributed by atoms with van der Waals surface area (Å²) in [5, 5.41) is 14.7. The van der Waals surface area contributed by atoms with E-state index in [4.69, 9.17) is 0 Å². The van der Waals surface area contributed by atoms with Gasteiger partial charge in [0, 0.05) is 11.1 Å². The van der Waals surface area contributed by atoms with Crippen molar-refractivity contribution in [2.24, 2.45) is 5.10 Å². The number of rotatable bonds is 3. The summed E-state index contributed by atoms with van der Waals surface area (Å²) in [6.07, 6.45) is 1.46. The Morgan fingerprint density at radius 1 is 0.885 bits per heavy atom. The molecule has 1 heterocycles. The molecule has 126 valence electrons. The van der Waals surface area contributed by atoms with Crippen LogP contribution in [0.3, 0.4) is 0 Å². The lowest BCUT2D eigenvalue weighted by Gasteiger charge is -2.09. The van der Waals surface area contributed by atoms with E-state index in [9.17, 15) is 9.90 Å². The van der Waals surface area contributed by atoms with Gasteiger partial charge in [0.05, 0.1) is 17.1 Å². The summed E-state index contributed by atoms with van der Waals surface area (Å²) in [5.74, 6) is 0.542. The topological polar surface area (TPSA) is 67.5 Å². The van der Waals surface area contributed by atoms with Gasteiger partial charge in [-0.05, 0) is 24.3 Å². The molecule has 1 N–H and O–H groups in total. The zero-order valence-corrected chi connectivity index (χ0v) is 13.8. The molecule has 0 radical (unpaired) electrons. The maximum absolute atomic E-state index is 13.0. The van der Waals surface area contributed by atoms with Crippen LogP contribution in [0.15, 0.2) is 88.8 Å². The molecular weight excluding hydrogens is 326 g/mol.